The molecule has 0 saturated carbocycles. The van der Waals surface area contributed by atoms with Gasteiger partial charge in [-0.2, -0.15) is 5.10 Å². The van der Waals surface area contributed by atoms with Crippen LogP contribution in [0, 0.1) is 6.92 Å². The van der Waals surface area contributed by atoms with Crippen LogP contribution in [0.3, 0.4) is 0 Å². The fraction of sp³-hybridized carbons (Fsp3) is 0.267. The molecule has 1 aromatic carbocycles. The number of para-hydroxylation sites is 1. The first-order valence-corrected chi connectivity index (χ1v) is 6.45. The minimum Gasteiger partial charge on any atom is -0.350 e. The molecular formula is C15H18N4. The fourth-order valence-electron chi connectivity index (χ4n) is 2.67. The van der Waals surface area contributed by atoms with Crippen molar-refractivity contribution < 1.29 is 0 Å². The molecule has 0 radical (unpaired) electrons. The zero-order chi connectivity index (χ0) is 13.4. The number of nitrogens with two attached hydrogens (primary N) is 1. The molecule has 0 aliphatic heterocycles. The lowest BCUT2D eigenvalue weighted by Crippen LogP contribution is -2.13. The summed E-state index contributed by atoms with van der Waals surface area (Å²) in [4.78, 5) is 0. The van der Waals surface area contributed by atoms with Crippen LogP contribution in [0.15, 0.2) is 36.7 Å². The molecular weight excluding hydrogens is 236 g/mol. The highest BCUT2D eigenvalue weighted by molar-refractivity contribution is 5.83. The van der Waals surface area contributed by atoms with E-state index in [1.54, 1.807) is 0 Å². The van der Waals surface area contributed by atoms with E-state index in [-0.39, 0.29) is 6.04 Å². The molecule has 0 fully saturated rings. The summed E-state index contributed by atoms with van der Waals surface area (Å²) in [7, 11) is 2.07. The van der Waals surface area contributed by atoms with Crippen molar-refractivity contribution in [2.45, 2.75) is 19.4 Å². The van der Waals surface area contributed by atoms with Gasteiger partial charge in [0.25, 0.3) is 0 Å². The number of aromatic amines is 1. The van der Waals surface area contributed by atoms with Crippen LogP contribution in [-0.4, -0.2) is 14.8 Å². The Morgan fingerprint density at radius 2 is 2.16 bits per heavy atom. The van der Waals surface area contributed by atoms with Crippen LogP contribution in [0.5, 0.6) is 0 Å². The van der Waals surface area contributed by atoms with Crippen LogP contribution in [0.4, 0.5) is 0 Å². The van der Waals surface area contributed by atoms with Crippen LogP contribution >= 0.6 is 0 Å². The Bertz CT molecular complexity index is 708. The van der Waals surface area contributed by atoms with Gasteiger partial charge in [0.05, 0.1) is 6.20 Å². The standard InChI is InChI=1S/C15H18N4/c1-10-13(8-17-18-10)14(16)7-11-9-19(2)15-6-4-3-5-12(11)15/h3-6,8-9,14H,7,16H2,1-2H3,(H,17,18). The van der Waals surface area contributed by atoms with Gasteiger partial charge in [-0.15, -0.1) is 0 Å². The number of aryl methyl sites for hydroxylation is 2. The lowest BCUT2D eigenvalue weighted by Gasteiger charge is -2.10. The number of nitrogens with zero attached hydrogens (tertiary/aromatic N) is 2. The van der Waals surface area contributed by atoms with Crippen molar-refractivity contribution >= 4 is 10.9 Å². The third-order valence-electron chi connectivity index (χ3n) is 3.69. The minimum absolute atomic E-state index is 0.0236. The number of fused-ring (bicyclic) bond motifs is 1. The topological polar surface area (TPSA) is 59.6 Å². The summed E-state index contributed by atoms with van der Waals surface area (Å²) < 4.78 is 2.15. The molecule has 0 aliphatic carbocycles. The Hall–Kier alpha value is -2.07. The molecule has 3 rings (SSSR count). The van der Waals surface area contributed by atoms with Crippen LogP contribution < -0.4 is 5.73 Å². The summed E-state index contributed by atoms with van der Waals surface area (Å²) >= 11 is 0. The highest BCUT2D eigenvalue weighted by Gasteiger charge is 2.14. The number of nitrogens with one attached hydrogen (secondary N) is 1. The van der Waals surface area contributed by atoms with E-state index in [9.17, 15) is 0 Å². The van der Waals surface area contributed by atoms with E-state index >= 15 is 0 Å². The molecule has 19 heavy (non-hydrogen) atoms. The second-order valence-corrected chi connectivity index (χ2v) is 5.04. The molecule has 98 valence electrons. The predicted molar refractivity (Wildman–Crippen MR) is 76.9 cm³/mol. The maximum absolute atomic E-state index is 6.30. The molecule has 0 amide bonds. The van der Waals surface area contributed by atoms with E-state index in [0.29, 0.717) is 0 Å². The summed E-state index contributed by atoms with van der Waals surface area (Å²) in [6.45, 7) is 2.01. The summed E-state index contributed by atoms with van der Waals surface area (Å²) in [5, 5.41) is 8.26. The van der Waals surface area contributed by atoms with Crippen molar-refractivity contribution in [3.05, 3.63) is 53.5 Å². The van der Waals surface area contributed by atoms with Crippen molar-refractivity contribution in [2.24, 2.45) is 12.8 Å². The zero-order valence-electron chi connectivity index (χ0n) is 11.2. The summed E-state index contributed by atoms with van der Waals surface area (Å²) in [6, 6.07) is 8.39. The number of hydrogen-bond acceptors (Lipinski definition) is 2. The quantitative estimate of drug-likeness (QED) is 0.754. The van der Waals surface area contributed by atoms with Gasteiger partial charge in [-0.1, -0.05) is 18.2 Å². The number of benzene rings is 1. The third kappa shape index (κ3) is 2.04. The van der Waals surface area contributed by atoms with Crippen LogP contribution in [-0.2, 0) is 13.5 Å². The van der Waals surface area contributed by atoms with Crippen molar-refractivity contribution in [3.63, 3.8) is 0 Å². The Kier molecular flexibility index (Phi) is 2.87. The Labute approximate surface area is 112 Å². The molecule has 0 saturated heterocycles. The first kappa shape index (κ1) is 12.0. The lowest BCUT2D eigenvalue weighted by molar-refractivity contribution is 0.718. The molecule has 3 aromatic rings. The van der Waals surface area contributed by atoms with Crippen molar-refractivity contribution in [3.8, 4) is 0 Å². The monoisotopic (exact) mass is 254 g/mol. The predicted octanol–water partition coefficient (Wildman–Crippen LogP) is 2.45. The SMILES string of the molecule is Cc1[nH]ncc1C(N)Cc1cn(C)c2ccccc12. The molecule has 1 atom stereocenters. The summed E-state index contributed by atoms with van der Waals surface area (Å²) in [5.41, 5.74) is 11.0. The van der Waals surface area contributed by atoms with Gasteiger partial charge in [-0.3, -0.25) is 5.10 Å². The fourth-order valence-corrected chi connectivity index (χ4v) is 2.67. The van der Waals surface area contributed by atoms with Gasteiger partial charge < -0.3 is 10.3 Å². The Morgan fingerprint density at radius 3 is 2.89 bits per heavy atom. The first-order chi connectivity index (χ1) is 9.16. The third-order valence-corrected chi connectivity index (χ3v) is 3.69. The van der Waals surface area contributed by atoms with Gasteiger partial charge in [0, 0.05) is 41.4 Å². The van der Waals surface area contributed by atoms with E-state index in [2.05, 4.69) is 52.3 Å². The van der Waals surface area contributed by atoms with E-state index in [4.69, 9.17) is 5.73 Å². The van der Waals surface area contributed by atoms with Gasteiger partial charge >= 0.3 is 0 Å². The highest BCUT2D eigenvalue weighted by atomic mass is 15.1. The van der Waals surface area contributed by atoms with Gasteiger partial charge in [0.1, 0.15) is 0 Å². The van der Waals surface area contributed by atoms with E-state index in [1.165, 1.54) is 16.5 Å². The molecule has 4 nitrogen and oxygen atoms in total. The van der Waals surface area contributed by atoms with Crippen LogP contribution in [0.2, 0.25) is 0 Å². The van der Waals surface area contributed by atoms with E-state index < -0.39 is 0 Å². The molecule has 2 aromatic heterocycles. The molecule has 0 aliphatic rings. The van der Waals surface area contributed by atoms with Crippen LogP contribution in [0.25, 0.3) is 10.9 Å². The minimum atomic E-state index is -0.0236. The normalized spacial score (nSPS) is 13.0. The van der Waals surface area contributed by atoms with E-state index in [1.807, 2.05) is 13.1 Å². The lowest BCUT2D eigenvalue weighted by atomic mass is 10.00. The second-order valence-electron chi connectivity index (χ2n) is 5.04. The number of H-pyrrole nitrogens is 1. The highest BCUT2D eigenvalue weighted by Crippen LogP contribution is 2.25. The van der Waals surface area contributed by atoms with Crippen molar-refractivity contribution in [2.75, 3.05) is 0 Å². The average molecular weight is 254 g/mol. The van der Waals surface area contributed by atoms with Crippen molar-refractivity contribution in [1.82, 2.24) is 14.8 Å². The average Bonchev–Trinajstić information content (AvgIpc) is 2.95. The Morgan fingerprint density at radius 1 is 1.37 bits per heavy atom. The maximum atomic E-state index is 6.30. The summed E-state index contributed by atoms with van der Waals surface area (Å²) in [6.07, 6.45) is 4.81. The summed E-state index contributed by atoms with van der Waals surface area (Å²) in [5.74, 6) is 0. The molecule has 2 heterocycles. The van der Waals surface area contributed by atoms with Crippen molar-refractivity contribution in [1.29, 1.82) is 0 Å². The first-order valence-electron chi connectivity index (χ1n) is 6.45. The second kappa shape index (κ2) is 4.55. The van der Waals surface area contributed by atoms with Gasteiger partial charge in [-0.05, 0) is 25.0 Å². The number of hydrogen-bond donors (Lipinski definition) is 2. The molecule has 1 unspecified atom stereocenters. The van der Waals surface area contributed by atoms with Crippen LogP contribution in [0.1, 0.15) is 22.9 Å². The van der Waals surface area contributed by atoms with Gasteiger partial charge in [0.2, 0.25) is 0 Å². The maximum Gasteiger partial charge on any atom is 0.0537 e. The molecule has 0 spiro atoms. The Balaban J connectivity index is 1.96. The largest absolute Gasteiger partial charge is 0.350 e. The zero-order valence-corrected chi connectivity index (χ0v) is 11.2. The number of aromatic nitrogens is 3. The van der Waals surface area contributed by atoms with Gasteiger partial charge in [-0.25, -0.2) is 0 Å². The smallest absolute Gasteiger partial charge is 0.0537 e. The molecule has 4 heteroatoms. The molecule has 3 N–H and O–H groups in total. The number of rotatable bonds is 3. The molecule has 0 bridgehead atoms. The van der Waals surface area contributed by atoms with E-state index in [0.717, 1.165) is 17.7 Å². The van der Waals surface area contributed by atoms with Gasteiger partial charge in [0.15, 0.2) is 0 Å².